The molecule has 0 spiro atoms. The summed E-state index contributed by atoms with van der Waals surface area (Å²) in [5.41, 5.74) is 6.73. The topological polar surface area (TPSA) is 29.3 Å². The molecule has 1 aromatic carbocycles. The van der Waals surface area contributed by atoms with E-state index in [4.69, 9.17) is 5.73 Å². The van der Waals surface area contributed by atoms with Crippen molar-refractivity contribution in [3.63, 3.8) is 0 Å². The van der Waals surface area contributed by atoms with Crippen molar-refractivity contribution in [2.75, 3.05) is 25.5 Å². The SMILES string of the molecule is CN(C)c1ccc(/C=C/CN)cc1F. The summed E-state index contributed by atoms with van der Waals surface area (Å²) >= 11 is 0. The van der Waals surface area contributed by atoms with Crippen LogP contribution in [0.25, 0.3) is 6.08 Å². The Hall–Kier alpha value is -1.35. The highest BCUT2D eigenvalue weighted by Crippen LogP contribution is 2.18. The van der Waals surface area contributed by atoms with Gasteiger partial charge < -0.3 is 10.6 Å². The standard InChI is InChI=1S/C11H15FN2/c1-14(2)11-6-5-9(4-3-7-13)8-10(11)12/h3-6,8H,7,13H2,1-2H3/b4-3+. The minimum Gasteiger partial charge on any atom is -0.375 e. The Labute approximate surface area is 83.8 Å². The average Bonchev–Trinajstić information content (AvgIpc) is 2.14. The molecule has 0 saturated heterocycles. The van der Waals surface area contributed by atoms with E-state index in [0.717, 1.165) is 5.56 Å². The second-order valence-electron chi connectivity index (χ2n) is 3.24. The summed E-state index contributed by atoms with van der Waals surface area (Å²) in [6, 6.07) is 5.12. The van der Waals surface area contributed by atoms with E-state index in [1.165, 1.54) is 6.07 Å². The molecular weight excluding hydrogens is 179 g/mol. The van der Waals surface area contributed by atoms with Crippen LogP contribution in [0.4, 0.5) is 10.1 Å². The zero-order valence-corrected chi connectivity index (χ0v) is 8.50. The normalized spacial score (nSPS) is 10.9. The van der Waals surface area contributed by atoms with Gasteiger partial charge in [0.25, 0.3) is 0 Å². The molecule has 0 saturated carbocycles. The van der Waals surface area contributed by atoms with Gasteiger partial charge in [-0.05, 0) is 17.7 Å². The van der Waals surface area contributed by atoms with Crippen molar-refractivity contribution < 1.29 is 4.39 Å². The molecule has 0 amide bonds. The second kappa shape index (κ2) is 4.77. The Balaban J connectivity index is 2.94. The number of nitrogens with two attached hydrogens (primary N) is 1. The van der Waals surface area contributed by atoms with Gasteiger partial charge in [0, 0.05) is 20.6 Å². The molecule has 0 unspecified atom stereocenters. The molecule has 0 aromatic heterocycles. The van der Waals surface area contributed by atoms with Gasteiger partial charge in [-0.25, -0.2) is 4.39 Å². The third kappa shape index (κ3) is 2.57. The van der Waals surface area contributed by atoms with E-state index < -0.39 is 0 Å². The maximum absolute atomic E-state index is 13.4. The first-order chi connectivity index (χ1) is 6.65. The van der Waals surface area contributed by atoms with Gasteiger partial charge in [0.2, 0.25) is 0 Å². The van der Waals surface area contributed by atoms with Gasteiger partial charge in [-0.15, -0.1) is 0 Å². The average molecular weight is 194 g/mol. The van der Waals surface area contributed by atoms with Crippen LogP contribution in [0, 0.1) is 5.82 Å². The molecule has 0 aliphatic rings. The summed E-state index contributed by atoms with van der Waals surface area (Å²) < 4.78 is 13.4. The molecule has 0 aliphatic carbocycles. The molecule has 3 heteroatoms. The van der Waals surface area contributed by atoms with Crippen LogP contribution in [0.5, 0.6) is 0 Å². The molecule has 76 valence electrons. The van der Waals surface area contributed by atoms with Crippen LogP contribution < -0.4 is 10.6 Å². The van der Waals surface area contributed by atoms with Crippen molar-refractivity contribution in [1.82, 2.24) is 0 Å². The predicted molar refractivity (Wildman–Crippen MR) is 58.8 cm³/mol. The number of anilines is 1. The molecule has 0 bridgehead atoms. The first-order valence-corrected chi connectivity index (χ1v) is 4.48. The van der Waals surface area contributed by atoms with E-state index in [1.807, 2.05) is 26.2 Å². The highest BCUT2D eigenvalue weighted by molar-refractivity contribution is 5.56. The summed E-state index contributed by atoms with van der Waals surface area (Å²) in [5.74, 6) is -0.214. The first kappa shape index (κ1) is 10.7. The van der Waals surface area contributed by atoms with E-state index in [2.05, 4.69) is 0 Å². The number of nitrogens with zero attached hydrogens (tertiary/aromatic N) is 1. The van der Waals surface area contributed by atoms with Crippen LogP contribution in [-0.4, -0.2) is 20.6 Å². The van der Waals surface area contributed by atoms with Crippen molar-refractivity contribution in [1.29, 1.82) is 0 Å². The lowest BCUT2D eigenvalue weighted by molar-refractivity contribution is 0.626. The Morgan fingerprint density at radius 2 is 2.14 bits per heavy atom. The van der Waals surface area contributed by atoms with E-state index in [0.29, 0.717) is 12.2 Å². The smallest absolute Gasteiger partial charge is 0.147 e. The second-order valence-corrected chi connectivity index (χ2v) is 3.24. The van der Waals surface area contributed by atoms with Gasteiger partial charge in [-0.3, -0.25) is 0 Å². The molecule has 0 atom stereocenters. The molecule has 2 N–H and O–H groups in total. The van der Waals surface area contributed by atoms with Crippen molar-refractivity contribution in [3.8, 4) is 0 Å². The van der Waals surface area contributed by atoms with Crippen LogP contribution in [0.1, 0.15) is 5.56 Å². The number of hydrogen-bond acceptors (Lipinski definition) is 2. The number of benzene rings is 1. The molecule has 0 radical (unpaired) electrons. The summed E-state index contributed by atoms with van der Waals surface area (Å²) in [6.07, 6.45) is 3.60. The quantitative estimate of drug-likeness (QED) is 0.795. The van der Waals surface area contributed by atoms with E-state index in [-0.39, 0.29) is 5.82 Å². The predicted octanol–water partition coefficient (Wildman–Crippen LogP) is 1.86. The minimum absolute atomic E-state index is 0.214. The van der Waals surface area contributed by atoms with E-state index in [1.54, 1.807) is 17.0 Å². The van der Waals surface area contributed by atoms with Gasteiger partial charge >= 0.3 is 0 Å². The lowest BCUT2D eigenvalue weighted by Gasteiger charge is -2.13. The first-order valence-electron chi connectivity index (χ1n) is 4.48. The Morgan fingerprint density at radius 3 is 2.64 bits per heavy atom. The van der Waals surface area contributed by atoms with Crippen molar-refractivity contribution >= 4 is 11.8 Å². The summed E-state index contributed by atoms with van der Waals surface area (Å²) in [6.45, 7) is 0.469. The monoisotopic (exact) mass is 194 g/mol. The number of hydrogen-bond donors (Lipinski definition) is 1. The number of halogens is 1. The van der Waals surface area contributed by atoms with Gasteiger partial charge in [-0.1, -0.05) is 18.2 Å². The molecule has 0 heterocycles. The lowest BCUT2D eigenvalue weighted by Crippen LogP contribution is -2.10. The molecule has 14 heavy (non-hydrogen) atoms. The maximum atomic E-state index is 13.4. The van der Waals surface area contributed by atoms with E-state index >= 15 is 0 Å². The highest BCUT2D eigenvalue weighted by atomic mass is 19.1. The third-order valence-corrected chi connectivity index (χ3v) is 1.90. The van der Waals surface area contributed by atoms with Crippen molar-refractivity contribution in [3.05, 3.63) is 35.7 Å². The summed E-state index contributed by atoms with van der Waals surface area (Å²) in [7, 11) is 3.63. The van der Waals surface area contributed by atoms with E-state index in [9.17, 15) is 4.39 Å². The Kier molecular flexibility index (Phi) is 3.65. The van der Waals surface area contributed by atoms with Crippen LogP contribution >= 0.6 is 0 Å². The zero-order valence-electron chi connectivity index (χ0n) is 8.50. The zero-order chi connectivity index (χ0) is 10.6. The fourth-order valence-electron chi connectivity index (χ4n) is 1.19. The fourth-order valence-corrected chi connectivity index (χ4v) is 1.19. The largest absolute Gasteiger partial charge is 0.375 e. The van der Waals surface area contributed by atoms with Crippen molar-refractivity contribution in [2.45, 2.75) is 0 Å². The van der Waals surface area contributed by atoms with Gasteiger partial charge in [0.15, 0.2) is 0 Å². The van der Waals surface area contributed by atoms with Gasteiger partial charge in [0.05, 0.1) is 5.69 Å². The Morgan fingerprint density at radius 1 is 1.43 bits per heavy atom. The Bertz CT molecular complexity index is 332. The molecule has 1 aromatic rings. The van der Waals surface area contributed by atoms with Gasteiger partial charge in [-0.2, -0.15) is 0 Å². The van der Waals surface area contributed by atoms with Crippen LogP contribution in [0.3, 0.4) is 0 Å². The third-order valence-electron chi connectivity index (χ3n) is 1.90. The van der Waals surface area contributed by atoms with Gasteiger partial charge in [0.1, 0.15) is 5.82 Å². The van der Waals surface area contributed by atoms with Crippen molar-refractivity contribution in [2.24, 2.45) is 5.73 Å². The maximum Gasteiger partial charge on any atom is 0.147 e. The molecule has 2 nitrogen and oxygen atoms in total. The highest BCUT2D eigenvalue weighted by Gasteiger charge is 2.03. The molecule has 0 aliphatic heterocycles. The molecular formula is C11H15FN2. The lowest BCUT2D eigenvalue weighted by atomic mass is 10.2. The fraction of sp³-hybridized carbons (Fsp3) is 0.273. The molecule has 1 rings (SSSR count). The molecule has 0 fully saturated rings. The number of rotatable bonds is 3. The summed E-state index contributed by atoms with van der Waals surface area (Å²) in [4.78, 5) is 1.74. The summed E-state index contributed by atoms with van der Waals surface area (Å²) in [5, 5.41) is 0. The van der Waals surface area contributed by atoms with Crippen LogP contribution in [0.15, 0.2) is 24.3 Å². The minimum atomic E-state index is -0.214. The van der Waals surface area contributed by atoms with Crippen LogP contribution in [-0.2, 0) is 0 Å². The van der Waals surface area contributed by atoms with Crippen LogP contribution in [0.2, 0.25) is 0 Å².